The van der Waals surface area contributed by atoms with E-state index in [-0.39, 0.29) is 29.5 Å². The molecular weight excluding hydrogens is 403 g/mol. The maximum absolute atomic E-state index is 13.7. The molecule has 2 aromatic carbocycles. The molecule has 2 aromatic rings. The van der Waals surface area contributed by atoms with E-state index in [1.807, 2.05) is 12.1 Å². The molecule has 6 rings (SSSR count). The van der Waals surface area contributed by atoms with E-state index in [1.54, 1.807) is 12.1 Å². The lowest BCUT2D eigenvalue weighted by Crippen LogP contribution is -2.53. The number of nitrogens with one attached hydrogen (secondary N) is 1. The third kappa shape index (κ3) is 3.81. The molecule has 32 heavy (non-hydrogen) atoms. The fourth-order valence-electron chi connectivity index (χ4n) is 6.17. The number of carbonyl (C=O) groups is 1. The van der Waals surface area contributed by atoms with Crippen LogP contribution in [-0.2, 0) is 11.2 Å². The zero-order valence-electron chi connectivity index (χ0n) is 19.1. The van der Waals surface area contributed by atoms with E-state index in [4.69, 9.17) is 4.74 Å². The van der Waals surface area contributed by atoms with Crippen molar-refractivity contribution in [3.05, 3.63) is 59.4 Å². The van der Waals surface area contributed by atoms with E-state index in [0.29, 0.717) is 5.92 Å². The van der Waals surface area contributed by atoms with Gasteiger partial charge in [0.1, 0.15) is 11.9 Å². The monoisotopic (exact) mass is 436 g/mol. The number of ether oxygens (including phenoxy) is 1. The molecule has 3 aliphatic heterocycles. The molecule has 170 valence electrons. The summed E-state index contributed by atoms with van der Waals surface area (Å²) in [6, 6.07) is 13.0. The summed E-state index contributed by atoms with van der Waals surface area (Å²) in [6.45, 7) is 7.53. The van der Waals surface area contributed by atoms with Gasteiger partial charge in [0.2, 0.25) is 0 Å². The number of benzene rings is 2. The number of hydrogen-bond acceptors (Lipinski definition) is 3. The van der Waals surface area contributed by atoms with Crippen LogP contribution in [0.2, 0.25) is 0 Å². The third-order valence-electron chi connectivity index (χ3n) is 8.29. The van der Waals surface area contributed by atoms with Crippen molar-refractivity contribution in [3.63, 3.8) is 0 Å². The van der Waals surface area contributed by atoms with Crippen LogP contribution in [0.5, 0.6) is 0 Å². The van der Waals surface area contributed by atoms with Crippen LogP contribution in [0.4, 0.5) is 9.18 Å². The Morgan fingerprint density at radius 1 is 1.12 bits per heavy atom. The highest BCUT2D eigenvalue weighted by Crippen LogP contribution is 2.51. The predicted octanol–water partition coefficient (Wildman–Crippen LogP) is 5.72. The minimum Gasteiger partial charge on any atom is -0.445 e. The van der Waals surface area contributed by atoms with E-state index >= 15 is 0 Å². The number of nitrogens with zero attached hydrogens (tertiary/aromatic N) is 1. The molecule has 2 bridgehead atoms. The van der Waals surface area contributed by atoms with Crippen LogP contribution in [0.15, 0.2) is 42.5 Å². The summed E-state index contributed by atoms with van der Waals surface area (Å²) < 4.78 is 19.7. The summed E-state index contributed by atoms with van der Waals surface area (Å²) in [5.74, 6) is 0.270. The molecule has 1 aliphatic carbocycles. The number of rotatable bonds is 5. The number of amides is 1. The average Bonchev–Trinajstić information content (AvgIpc) is 3.13. The second kappa shape index (κ2) is 8.51. The third-order valence-corrected chi connectivity index (χ3v) is 8.29. The van der Waals surface area contributed by atoms with Crippen molar-refractivity contribution in [3.8, 4) is 11.1 Å². The second-order valence-electron chi connectivity index (χ2n) is 9.83. The summed E-state index contributed by atoms with van der Waals surface area (Å²) in [6.07, 6.45) is 4.82. The quantitative estimate of drug-likeness (QED) is 0.652. The SMILES string of the molecule is CCC1(CC)Cc2cc(-c3cccc(F)c3)ccc2C1NC(=O)O[C@@H]1CN2CCC1CC2. The minimum atomic E-state index is -0.290. The van der Waals surface area contributed by atoms with Crippen molar-refractivity contribution in [2.45, 2.75) is 58.1 Å². The van der Waals surface area contributed by atoms with Crippen LogP contribution in [-0.4, -0.2) is 36.7 Å². The fraction of sp³-hybridized carbons (Fsp3) is 0.519. The Kier molecular flexibility index (Phi) is 5.70. The van der Waals surface area contributed by atoms with Gasteiger partial charge < -0.3 is 10.1 Å². The fourth-order valence-corrected chi connectivity index (χ4v) is 6.17. The van der Waals surface area contributed by atoms with Crippen LogP contribution >= 0.6 is 0 Å². The lowest BCUT2D eigenvalue weighted by atomic mass is 9.76. The molecule has 4 aliphatic rings. The van der Waals surface area contributed by atoms with Gasteiger partial charge in [-0.3, -0.25) is 4.90 Å². The van der Waals surface area contributed by atoms with Crippen LogP contribution in [0.1, 0.15) is 56.7 Å². The van der Waals surface area contributed by atoms with E-state index < -0.39 is 0 Å². The first-order valence-corrected chi connectivity index (χ1v) is 12.1. The van der Waals surface area contributed by atoms with Gasteiger partial charge in [-0.15, -0.1) is 0 Å². The lowest BCUT2D eigenvalue weighted by Gasteiger charge is -2.44. The van der Waals surface area contributed by atoms with Crippen molar-refractivity contribution in [1.82, 2.24) is 10.2 Å². The van der Waals surface area contributed by atoms with Crippen molar-refractivity contribution >= 4 is 6.09 Å². The maximum atomic E-state index is 13.7. The van der Waals surface area contributed by atoms with Gasteiger partial charge in [-0.1, -0.05) is 44.2 Å². The molecule has 3 heterocycles. The summed E-state index contributed by atoms with van der Waals surface area (Å²) in [5.41, 5.74) is 4.27. The summed E-state index contributed by atoms with van der Waals surface area (Å²) in [5, 5.41) is 3.26. The first-order valence-electron chi connectivity index (χ1n) is 12.1. The second-order valence-corrected chi connectivity index (χ2v) is 9.83. The molecule has 0 spiro atoms. The Morgan fingerprint density at radius 3 is 2.53 bits per heavy atom. The number of alkyl carbamates (subject to hydrolysis) is 1. The van der Waals surface area contributed by atoms with Crippen LogP contribution in [0.3, 0.4) is 0 Å². The van der Waals surface area contributed by atoms with Crippen molar-refractivity contribution < 1.29 is 13.9 Å². The number of piperidine rings is 3. The zero-order valence-corrected chi connectivity index (χ0v) is 19.1. The van der Waals surface area contributed by atoms with E-state index in [9.17, 15) is 9.18 Å². The van der Waals surface area contributed by atoms with E-state index in [2.05, 4.69) is 36.2 Å². The number of halogens is 1. The van der Waals surface area contributed by atoms with Gasteiger partial charge in [0.25, 0.3) is 0 Å². The van der Waals surface area contributed by atoms with Crippen LogP contribution < -0.4 is 5.32 Å². The average molecular weight is 437 g/mol. The Bertz CT molecular complexity index is 995. The highest BCUT2D eigenvalue weighted by molar-refractivity contribution is 5.70. The van der Waals surface area contributed by atoms with Gasteiger partial charge in [-0.25, -0.2) is 9.18 Å². The molecule has 3 saturated heterocycles. The largest absolute Gasteiger partial charge is 0.445 e. The zero-order chi connectivity index (χ0) is 22.3. The van der Waals surface area contributed by atoms with Crippen molar-refractivity contribution in [1.29, 1.82) is 0 Å². The summed E-state index contributed by atoms with van der Waals surface area (Å²) >= 11 is 0. The highest BCUT2D eigenvalue weighted by Gasteiger charge is 2.45. The molecule has 0 saturated carbocycles. The van der Waals surface area contributed by atoms with Crippen molar-refractivity contribution in [2.75, 3.05) is 19.6 Å². The Hall–Kier alpha value is -2.40. The van der Waals surface area contributed by atoms with Crippen LogP contribution in [0, 0.1) is 17.2 Å². The molecule has 4 nitrogen and oxygen atoms in total. The van der Waals surface area contributed by atoms with Gasteiger partial charge in [0.05, 0.1) is 6.04 Å². The topological polar surface area (TPSA) is 41.6 Å². The highest BCUT2D eigenvalue weighted by atomic mass is 19.1. The smallest absolute Gasteiger partial charge is 0.407 e. The number of hydrogen-bond donors (Lipinski definition) is 1. The van der Waals surface area contributed by atoms with E-state index in [1.165, 1.54) is 17.2 Å². The molecule has 2 atom stereocenters. The first kappa shape index (κ1) is 21.4. The Balaban J connectivity index is 1.38. The Morgan fingerprint density at radius 2 is 1.88 bits per heavy atom. The molecule has 3 fully saturated rings. The van der Waals surface area contributed by atoms with Gasteiger partial charge in [-0.05, 0) is 90.9 Å². The number of carbonyl (C=O) groups excluding carboxylic acids is 1. The normalized spacial score (nSPS) is 27.7. The standard InChI is InChI=1S/C27H33FN2O2/c1-3-27(4-2)16-21-14-20(19-6-5-7-22(28)15-19)8-9-23(21)25(27)29-26(31)32-24-17-30-12-10-18(24)11-13-30/h5-9,14-15,18,24-25H,3-4,10-13,16-17H2,1-2H3,(H,29,31)/t24-,25?/m1/s1. The first-order chi connectivity index (χ1) is 15.5. The molecule has 1 N–H and O–H groups in total. The van der Waals surface area contributed by atoms with Gasteiger partial charge >= 0.3 is 6.09 Å². The Labute approximate surface area is 190 Å². The molecule has 1 amide bonds. The minimum absolute atomic E-state index is 0.00591. The molecule has 0 radical (unpaired) electrons. The maximum Gasteiger partial charge on any atom is 0.407 e. The summed E-state index contributed by atoms with van der Waals surface area (Å²) in [7, 11) is 0. The van der Waals surface area contributed by atoms with E-state index in [0.717, 1.165) is 62.9 Å². The predicted molar refractivity (Wildman–Crippen MR) is 124 cm³/mol. The van der Waals surface area contributed by atoms with Gasteiger partial charge in [0, 0.05) is 6.54 Å². The molecule has 5 heteroatoms. The van der Waals surface area contributed by atoms with Crippen LogP contribution in [0.25, 0.3) is 11.1 Å². The molecule has 1 unspecified atom stereocenters. The van der Waals surface area contributed by atoms with Gasteiger partial charge in [0.15, 0.2) is 0 Å². The summed E-state index contributed by atoms with van der Waals surface area (Å²) in [4.78, 5) is 15.4. The van der Waals surface area contributed by atoms with Gasteiger partial charge in [-0.2, -0.15) is 0 Å². The molecular formula is C27H33FN2O2. The lowest BCUT2D eigenvalue weighted by molar-refractivity contribution is -0.0353. The van der Waals surface area contributed by atoms with Crippen molar-refractivity contribution in [2.24, 2.45) is 11.3 Å². The molecule has 0 aromatic heterocycles. The number of fused-ring (bicyclic) bond motifs is 4.